The summed E-state index contributed by atoms with van der Waals surface area (Å²) in [7, 11) is 0. The second-order valence-electron chi connectivity index (χ2n) is 7.52. The van der Waals surface area contributed by atoms with Crippen molar-refractivity contribution >= 4 is 11.6 Å². The number of benzene rings is 2. The van der Waals surface area contributed by atoms with Crippen LogP contribution in [0.1, 0.15) is 36.4 Å². The second kappa shape index (κ2) is 6.40. The van der Waals surface area contributed by atoms with Gasteiger partial charge in [0.1, 0.15) is 5.82 Å². The summed E-state index contributed by atoms with van der Waals surface area (Å²) in [6.07, 6.45) is 3.29. The van der Waals surface area contributed by atoms with Gasteiger partial charge in [-0.05, 0) is 60.9 Å². The van der Waals surface area contributed by atoms with Crippen LogP contribution in [0.4, 0.5) is 10.1 Å². The molecule has 26 heavy (non-hydrogen) atoms. The number of para-hydroxylation sites is 1. The highest BCUT2D eigenvalue weighted by molar-refractivity contribution is 5.84. The van der Waals surface area contributed by atoms with Crippen molar-refractivity contribution in [2.24, 2.45) is 22.8 Å². The minimum atomic E-state index is -0.695. The van der Waals surface area contributed by atoms with Crippen molar-refractivity contribution in [2.45, 2.75) is 37.8 Å². The van der Waals surface area contributed by atoms with Gasteiger partial charge >= 0.3 is 0 Å². The smallest absolute Gasteiger partial charge is 0.226 e. The largest absolute Gasteiger partial charge is 0.381 e. The maximum Gasteiger partial charge on any atom is 0.226 e. The van der Waals surface area contributed by atoms with Gasteiger partial charge in [0.05, 0.1) is 5.41 Å². The van der Waals surface area contributed by atoms with Crippen molar-refractivity contribution in [1.82, 2.24) is 0 Å². The van der Waals surface area contributed by atoms with Crippen LogP contribution >= 0.6 is 0 Å². The molecule has 2 unspecified atom stereocenters. The van der Waals surface area contributed by atoms with Gasteiger partial charge in [0.2, 0.25) is 5.91 Å². The molecule has 0 spiro atoms. The number of nitrogens with two attached hydrogens (primary N) is 2. The first-order valence-electron chi connectivity index (χ1n) is 9.18. The van der Waals surface area contributed by atoms with E-state index in [0.29, 0.717) is 0 Å². The fourth-order valence-electron chi connectivity index (χ4n) is 4.80. The van der Waals surface area contributed by atoms with Gasteiger partial charge in [-0.15, -0.1) is 0 Å². The van der Waals surface area contributed by atoms with E-state index in [4.69, 9.17) is 11.5 Å². The van der Waals surface area contributed by atoms with Crippen LogP contribution in [0.3, 0.4) is 0 Å². The first kappa shape index (κ1) is 17.0. The lowest BCUT2D eigenvalue weighted by atomic mass is 9.52. The van der Waals surface area contributed by atoms with Gasteiger partial charge in [-0.25, -0.2) is 4.39 Å². The fourth-order valence-corrected chi connectivity index (χ4v) is 4.80. The van der Waals surface area contributed by atoms with Gasteiger partial charge in [-0.1, -0.05) is 30.3 Å². The number of halogens is 1. The molecule has 136 valence electrons. The third-order valence-electron chi connectivity index (χ3n) is 6.33. The lowest BCUT2D eigenvalue weighted by Gasteiger charge is -2.55. The summed E-state index contributed by atoms with van der Waals surface area (Å²) in [5, 5.41) is 3.54. The third kappa shape index (κ3) is 2.58. The van der Waals surface area contributed by atoms with Crippen molar-refractivity contribution < 1.29 is 9.18 Å². The molecule has 0 bridgehead atoms. The number of hydrogen-bond donors (Lipinski definition) is 3. The van der Waals surface area contributed by atoms with Crippen LogP contribution in [0.5, 0.6) is 0 Å². The predicted molar refractivity (Wildman–Crippen MR) is 99.9 cm³/mol. The van der Waals surface area contributed by atoms with Crippen LogP contribution in [0.25, 0.3) is 0 Å². The summed E-state index contributed by atoms with van der Waals surface area (Å²) >= 11 is 0. The molecule has 0 aromatic heterocycles. The Hall–Kier alpha value is -2.40. The molecule has 1 saturated carbocycles. The number of carbonyl (C=O) groups is 1. The lowest BCUT2D eigenvalue weighted by Crippen LogP contribution is -2.62. The van der Waals surface area contributed by atoms with Crippen LogP contribution in [0, 0.1) is 17.2 Å². The fraction of sp³-hybridized carbons (Fsp3) is 0.381. The van der Waals surface area contributed by atoms with E-state index in [1.807, 2.05) is 24.3 Å². The van der Waals surface area contributed by atoms with Crippen molar-refractivity contribution in [3.05, 3.63) is 65.5 Å². The molecule has 1 amide bonds. The molecule has 1 aliphatic carbocycles. The summed E-state index contributed by atoms with van der Waals surface area (Å²) in [6.45, 7) is 0. The topological polar surface area (TPSA) is 81.1 Å². The number of amides is 1. The summed E-state index contributed by atoms with van der Waals surface area (Å²) in [5.41, 5.74) is 14.7. The molecular formula is C21H24FN3O. The number of carbonyl (C=O) groups excluding carboxylic acids is 1. The number of fused-ring (bicyclic) bond motifs is 1. The van der Waals surface area contributed by atoms with Gasteiger partial charge in [-0.3, -0.25) is 4.79 Å². The molecule has 1 fully saturated rings. The number of nitrogens with one attached hydrogen (secondary N) is 1. The Labute approximate surface area is 152 Å². The average Bonchev–Trinajstić information content (AvgIpc) is 2.61. The van der Waals surface area contributed by atoms with E-state index in [1.165, 1.54) is 17.7 Å². The Morgan fingerprint density at radius 1 is 1.19 bits per heavy atom. The first-order valence-corrected chi connectivity index (χ1v) is 9.18. The summed E-state index contributed by atoms with van der Waals surface area (Å²) in [6, 6.07) is 14.0. The van der Waals surface area contributed by atoms with Gasteiger partial charge in [0, 0.05) is 17.8 Å². The molecule has 2 aromatic carbocycles. The molecule has 0 radical (unpaired) electrons. The quantitative estimate of drug-likeness (QED) is 0.790. The van der Waals surface area contributed by atoms with E-state index in [2.05, 4.69) is 11.4 Å². The zero-order valence-corrected chi connectivity index (χ0v) is 14.6. The molecule has 5 N–H and O–H groups in total. The van der Waals surface area contributed by atoms with Gasteiger partial charge in [0.25, 0.3) is 0 Å². The molecule has 0 saturated heterocycles. The number of aryl methyl sites for hydroxylation is 1. The van der Waals surface area contributed by atoms with Crippen molar-refractivity contribution in [3.8, 4) is 0 Å². The number of hydrogen-bond acceptors (Lipinski definition) is 3. The van der Waals surface area contributed by atoms with E-state index in [1.54, 1.807) is 6.07 Å². The number of primary amides is 1. The maximum absolute atomic E-state index is 13.6. The Kier molecular flexibility index (Phi) is 4.19. The zero-order valence-electron chi connectivity index (χ0n) is 14.6. The molecule has 1 aliphatic heterocycles. The molecule has 4 nitrogen and oxygen atoms in total. The SMILES string of the molecule is NC(=O)[C@]1(C2CCc3ccccc3N2)CC[C@@H]1C(N)c1cccc(F)c1. The molecule has 4 atom stereocenters. The molecular weight excluding hydrogens is 329 g/mol. The third-order valence-corrected chi connectivity index (χ3v) is 6.33. The molecule has 2 aliphatic rings. The van der Waals surface area contributed by atoms with E-state index in [9.17, 15) is 9.18 Å². The maximum atomic E-state index is 13.6. The number of rotatable bonds is 4. The second-order valence-corrected chi connectivity index (χ2v) is 7.52. The van der Waals surface area contributed by atoms with E-state index < -0.39 is 11.5 Å². The van der Waals surface area contributed by atoms with E-state index >= 15 is 0 Å². The van der Waals surface area contributed by atoms with E-state index in [-0.39, 0.29) is 23.7 Å². The highest BCUT2D eigenvalue weighted by Gasteiger charge is 2.58. The Balaban J connectivity index is 1.64. The summed E-state index contributed by atoms with van der Waals surface area (Å²) < 4.78 is 13.6. The molecule has 1 heterocycles. The standard InChI is InChI=1S/C21H24FN3O/c22-15-6-3-5-14(12-15)19(23)16-10-11-21(16,20(24)26)18-9-8-13-4-1-2-7-17(13)25-18/h1-7,12,16,18-19,25H,8-11,23H2,(H2,24,26)/t16-,18?,19?,21-/m1/s1. The van der Waals surface area contributed by atoms with Crippen LogP contribution in [-0.4, -0.2) is 11.9 Å². The summed E-state index contributed by atoms with van der Waals surface area (Å²) in [5.74, 6) is -0.714. The first-order chi connectivity index (χ1) is 12.5. The minimum Gasteiger partial charge on any atom is -0.381 e. The average molecular weight is 353 g/mol. The van der Waals surface area contributed by atoms with Crippen molar-refractivity contribution in [1.29, 1.82) is 0 Å². The van der Waals surface area contributed by atoms with Crippen LogP contribution in [0.15, 0.2) is 48.5 Å². The Morgan fingerprint density at radius 2 is 2.00 bits per heavy atom. The van der Waals surface area contributed by atoms with Crippen LogP contribution in [0.2, 0.25) is 0 Å². The van der Waals surface area contributed by atoms with Crippen molar-refractivity contribution in [2.75, 3.05) is 5.32 Å². The Morgan fingerprint density at radius 3 is 2.69 bits per heavy atom. The molecule has 4 rings (SSSR count). The highest BCUT2D eigenvalue weighted by atomic mass is 19.1. The monoisotopic (exact) mass is 353 g/mol. The van der Waals surface area contributed by atoms with Gasteiger partial charge in [0.15, 0.2) is 0 Å². The van der Waals surface area contributed by atoms with E-state index in [0.717, 1.165) is 36.9 Å². The number of anilines is 1. The zero-order chi connectivity index (χ0) is 18.3. The van der Waals surface area contributed by atoms with Gasteiger partial charge < -0.3 is 16.8 Å². The predicted octanol–water partition coefficient (Wildman–Crippen LogP) is 3.13. The molecule has 5 heteroatoms. The highest BCUT2D eigenvalue weighted by Crippen LogP contribution is 2.56. The Bertz CT molecular complexity index is 840. The van der Waals surface area contributed by atoms with Gasteiger partial charge in [-0.2, -0.15) is 0 Å². The normalized spacial score (nSPS) is 28.4. The van der Waals surface area contributed by atoms with Crippen LogP contribution < -0.4 is 16.8 Å². The lowest BCUT2D eigenvalue weighted by molar-refractivity contribution is -0.142. The van der Waals surface area contributed by atoms with Crippen molar-refractivity contribution in [3.63, 3.8) is 0 Å². The summed E-state index contributed by atoms with van der Waals surface area (Å²) in [4.78, 5) is 12.6. The van der Waals surface area contributed by atoms with Crippen LogP contribution in [-0.2, 0) is 11.2 Å². The molecule has 2 aromatic rings. The minimum absolute atomic E-state index is 0.0479.